The van der Waals surface area contributed by atoms with Crippen molar-refractivity contribution in [2.45, 2.75) is 147 Å². The average Bonchev–Trinajstić information content (AvgIpc) is 3.19. The van der Waals surface area contributed by atoms with Crippen molar-refractivity contribution < 1.29 is 62.1 Å². The van der Waals surface area contributed by atoms with Crippen LogP contribution in [0, 0.1) is 17.8 Å². The molecule has 61 heavy (non-hydrogen) atoms. The number of alkyl halides is 3. The molecule has 2 aliphatic heterocycles. The third-order valence-corrected chi connectivity index (χ3v) is 12.8. The van der Waals surface area contributed by atoms with Gasteiger partial charge in [-0.2, -0.15) is 13.2 Å². The summed E-state index contributed by atoms with van der Waals surface area (Å²) in [4.78, 5) is 32.4. The van der Waals surface area contributed by atoms with E-state index in [0.29, 0.717) is 12.2 Å². The van der Waals surface area contributed by atoms with E-state index in [0.717, 1.165) is 18.2 Å². The van der Waals surface area contributed by atoms with Crippen LogP contribution in [0.1, 0.15) is 80.2 Å². The number of anilines is 1. The maximum absolute atomic E-state index is 14.5. The summed E-state index contributed by atoms with van der Waals surface area (Å²) in [6.45, 7) is 13.2. The fourth-order valence-electron chi connectivity index (χ4n) is 8.84. The summed E-state index contributed by atoms with van der Waals surface area (Å²) in [7, 11) is 4.81. The van der Waals surface area contributed by atoms with E-state index in [4.69, 9.17) is 30.5 Å². The Morgan fingerprint density at radius 1 is 1.03 bits per heavy atom. The van der Waals surface area contributed by atoms with E-state index in [2.05, 4.69) is 0 Å². The van der Waals surface area contributed by atoms with Gasteiger partial charge in [0.15, 0.2) is 12.4 Å². The molecule has 2 heterocycles. The fourth-order valence-corrected chi connectivity index (χ4v) is 9.00. The Morgan fingerprint density at radius 2 is 1.66 bits per heavy atom. The second-order valence-corrected chi connectivity index (χ2v) is 18.1. The number of likely N-dealkylation sites (N-methyl/N-ethyl adjacent to an activating group) is 2. The molecule has 0 radical (unpaired) electrons. The summed E-state index contributed by atoms with van der Waals surface area (Å²) in [5.41, 5.74) is -4.29. The number of hydrogen-bond acceptors (Lipinski definition) is 11. The molecule has 4 rings (SSSR count). The molecular weight excluding hydrogens is 823 g/mol. The van der Waals surface area contributed by atoms with E-state index >= 15 is 0 Å². The first-order valence-corrected chi connectivity index (χ1v) is 21.2. The lowest BCUT2D eigenvalue weighted by molar-refractivity contribution is -0.294. The van der Waals surface area contributed by atoms with Gasteiger partial charge in [0.05, 0.1) is 41.4 Å². The first-order chi connectivity index (χ1) is 28.2. The predicted molar refractivity (Wildman–Crippen MR) is 224 cm³/mol. The van der Waals surface area contributed by atoms with Crippen molar-refractivity contribution in [3.63, 3.8) is 0 Å². The van der Waals surface area contributed by atoms with Crippen LogP contribution in [0.15, 0.2) is 48.5 Å². The number of esters is 1. The molecule has 0 spiro atoms. The van der Waals surface area contributed by atoms with Crippen LogP contribution in [0.3, 0.4) is 0 Å². The molecule has 0 aliphatic carbocycles. The van der Waals surface area contributed by atoms with Crippen LogP contribution in [0.4, 0.5) is 23.7 Å². The number of nitrogens with zero attached hydrogens (tertiary/aromatic N) is 3. The molecule has 0 saturated carbocycles. The Bertz CT molecular complexity index is 1770. The lowest BCUT2D eigenvalue weighted by atomic mass is 9.78. The minimum Gasteiger partial charge on any atom is -0.482 e. The van der Waals surface area contributed by atoms with Gasteiger partial charge in [-0.15, -0.1) is 0 Å². The van der Waals surface area contributed by atoms with Crippen LogP contribution >= 0.6 is 11.6 Å². The van der Waals surface area contributed by atoms with Crippen LogP contribution < -0.4 is 9.64 Å². The van der Waals surface area contributed by atoms with Gasteiger partial charge in [-0.25, -0.2) is 4.79 Å². The van der Waals surface area contributed by atoms with Crippen LogP contribution in [-0.4, -0.2) is 136 Å². The average molecular weight is 888 g/mol. The third-order valence-electron chi connectivity index (χ3n) is 12.5. The lowest BCUT2D eigenvalue weighted by Gasteiger charge is -2.48. The Kier molecular flexibility index (Phi) is 16.6. The topological polar surface area (TPSA) is 162 Å². The monoisotopic (exact) mass is 887 g/mol. The maximum Gasteiger partial charge on any atom is 0.419 e. The first kappa shape index (κ1) is 50.4. The molecule has 2 fully saturated rings. The zero-order valence-electron chi connectivity index (χ0n) is 37.0. The van der Waals surface area contributed by atoms with Crippen molar-refractivity contribution in [3.8, 4) is 5.75 Å². The molecule has 17 heteroatoms. The predicted octanol–water partition coefficient (Wildman–Crippen LogP) is 6.36. The van der Waals surface area contributed by atoms with Crippen LogP contribution in [0.25, 0.3) is 0 Å². The summed E-state index contributed by atoms with van der Waals surface area (Å²) in [6.07, 6.45) is -13.8. The number of benzene rings is 2. The van der Waals surface area contributed by atoms with Gasteiger partial charge in [-0.05, 0) is 97.2 Å². The Morgan fingerprint density at radius 3 is 2.25 bits per heavy atom. The Balaban J connectivity index is 1.85. The van der Waals surface area contributed by atoms with Gasteiger partial charge in [0.1, 0.15) is 23.6 Å². The number of rotatable bonds is 7. The standard InChI is InChI=1S/C44H65ClF3N3O10/c1-12-34-43(8,57)37(53)28(6)49(9)23-24(2)22-42(7,56)38(26(4)35(52)27(5)39(54)60-34)61-40-36(59-33-21-29(45)18-19-31(33)44(46,47)48)32(20-25(3)58-40)51(11)41(55)50(10)30-16-14-13-15-17-30/h13-19,21,24-28,32,34-38,40,52-53,56-57H,12,20,22-23H2,1-11H3/t24-,25-,26+,27-,28-,32+,34-,35+,36-,37-,38-,40+,42-,43-/m1/s1. The lowest BCUT2D eigenvalue weighted by Crippen LogP contribution is -2.62. The molecule has 2 aromatic carbocycles. The summed E-state index contributed by atoms with van der Waals surface area (Å²) in [6, 6.07) is 9.51. The van der Waals surface area contributed by atoms with Gasteiger partial charge in [-0.3, -0.25) is 9.69 Å². The molecule has 0 unspecified atom stereocenters. The summed E-state index contributed by atoms with van der Waals surface area (Å²) < 4.78 is 68.7. The van der Waals surface area contributed by atoms with Crippen molar-refractivity contribution in [1.82, 2.24) is 9.80 Å². The molecular formula is C44H65ClF3N3O10. The highest BCUT2D eigenvalue weighted by molar-refractivity contribution is 6.30. The number of halogens is 4. The molecule has 4 N–H and O–H groups in total. The van der Waals surface area contributed by atoms with Crippen molar-refractivity contribution in [2.24, 2.45) is 17.8 Å². The number of aliphatic hydroxyl groups excluding tert-OH is 2. The van der Waals surface area contributed by atoms with Gasteiger partial charge in [0, 0.05) is 43.3 Å². The van der Waals surface area contributed by atoms with Crippen LogP contribution in [-0.2, 0) is 25.2 Å². The van der Waals surface area contributed by atoms with Gasteiger partial charge in [0.25, 0.3) is 0 Å². The van der Waals surface area contributed by atoms with Gasteiger partial charge in [-0.1, -0.05) is 50.6 Å². The molecule has 13 nitrogen and oxygen atoms in total. The Hall–Kier alpha value is -3.22. The van der Waals surface area contributed by atoms with Gasteiger partial charge >= 0.3 is 18.2 Å². The molecule has 0 aromatic heterocycles. The number of aliphatic hydroxyl groups is 4. The number of cyclic esters (lactones) is 1. The number of ether oxygens (including phenoxy) is 4. The van der Waals surface area contributed by atoms with Crippen LogP contribution in [0.2, 0.25) is 5.02 Å². The highest BCUT2D eigenvalue weighted by atomic mass is 35.5. The fraction of sp³-hybridized carbons (Fsp3) is 0.682. The summed E-state index contributed by atoms with van der Waals surface area (Å²) >= 11 is 6.24. The minimum absolute atomic E-state index is 0.0265. The van der Waals surface area contributed by atoms with Crippen molar-refractivity contribution in [1.29, 1.82) is 0 Å². The maximum atomic E-state index is 14.5. The number of carbonyl (C=O) groups is 2. The number of para-hydroxylation sites is 1. The minimum atomic E-state index is -4.87. The second kappa shape index (κ2) is 20.1. The van der Waals surface area contributed by atoms with Crippen molar-refractivity contribution in [2.75, 3.05) is 32.6 Å². The molecule has 0 bridgehead atoms. The van der Waals surface area contributed by atoms with Gasteiger partial charge in [0.2, 0.25) is 0 Å². The summed E-state index contributed by atoms with van der Waals surface area (Å²) in [5, 5.41) is 47.3. The molecule has 2 amide bonds. The quantitative estimate of drug-likeness (QED) is 0.229. The number of urea groups is 1. The largest absolute Gasteiger partial charge is 0.482 e. The molecule has 14 atom stereocenters. The molecule has 2 aromatic rings. The van der Waals surface area contributed by atoms with E-state index in [9.17, 15) is 43.2 Å². The molecule has 2 saturated heterocycles. The van der Waals surface area contributed by atoms with Crippen molar-refractivity contribution in [3.05, 3.63) is 59.1 Å². The van der Waals surface area contributed by atoms with E-state index in [1.165, 1.54) is 37.6 Å². The zero-order valence-corrected chi connectivity index (χ0v) is 37.7. The first-order valence-electron chi connectivity index (χ1n) is 20.8. The van der Waals surface area contributed by atoms with Crippen LogP contribution in [0.5, 0.6) is 5.75 Å². The highest BCUT2D eigenvalue weighted by Crippen LogP contribution is 2.42. The Labute approximate surface area is 362 Å². The van der Waals surface area contributed by atoms with E-state index in [1.54, 1.807) is 72.1 Å². The second-order valence-electron chi connectivity index (χ2n) is 17.7. The number of hydrogen-bond donors (Lipinski definition) is 4. The van der Waals surface area contributed by atoms with E-state index in [1.807, 2.05) is 11.8 Å². The van der Waals surface area contributed by atoms with Crippen molar-refractivity contribution >= 4 is 29.3 Å². The summed E-state index contributed by atoms with van der Waals surface area (Å²) in [5.74, 6) is -4.19. The van der Waals surface area contributed by atoms with Gasteiger partial charge < -0.3 is 49.2 Å². The zero-order chi connectivity index (χ0) is 45.9. The van der Waals surface area contributed by atoms with E-state index in [-0.39, 0.29) is 30.2 Å². The molecule has 344 valence electrons. The highest BCUT2D eigenvalue weighted by Gasteiger charge is 2.52. The smallest absolute Gasteiger partial charge is 0.419 e. The molecule has 2 aliphatic rings. The normalized spacial score (nSPS) is 36.3. The van der Waals surface area contributed by atoms with E-state index < -0.39 is 108 Å². The number of carbonyl (C=O) groups excluding carboxylic acids is 2. The SMILES string of the molecule is CC[C@H]1OC(=O)[C@H](C)[C@@H](O)[C@H](C)[C@@H](O[C@@H]2O[C@H](C)C[C@H](N(C)C(=O)N(C)c3ccccc3)[C@H]2Oc2cc(Cl)ccc2C(F)(F)F)[C@](C)(O)C[C@@H](C)CN(C)[C@H](C)[C@@H](O)[C@]1(C)O. The third kappa shape index (κ3) is 11.7. The number of amides is 2.